The molecule has 2 nitrogen and oxygen atoms in total. The summed E-state index contributed by atoms with van der Waals surface area (Å²) < 4.78 is 0. The van der Waals surface area contributed by atoms with Gasteiger partial charge in [-0.3, -0.25) is 4.79 Å². The molecule has 2 saturated carbocycles. The van der Waals surface area contributed by atoms with E-state index in [1.807, 2.05) is 0 Å². The number of piperidine rings is 1. The van der Waals surface area contributed by atoms with Crippen molar-refractivity contribution >= 4 is 5.91 Å². The van der Waals surface area contributed by atoms with Crippen LogP contribution in [-0.2, 0) is 4.79 Å². The van der Waals surface area contributed by atoms with E-state index in [4.69, 9.17) is 0 Å². The quantitative estimate of drug-likeness (QED) is 0.730. The van der Waals surface area contributed by atoms with E-state index in [0.717, 1.165) is 18.9 Å². The van der Waals surface area contributed by atoms with Crippen LogP contribution in [0.15, 0.2) is 0 Å². The third-order valence-electron chi connectivity index (χ3n) is 5.50. The molecule has 3 aliphatic rings. The van der Waals surface area contributed by atoms with E-state index in [9.17, 15) is 4.79 Å². The number of rotatable bonds is 2. The number of carbonyl (C=O) groups excluding carboxylic acids is 1. The molecule has 1 saturated heterocycles. The van der Waals surface area contributed by atoms with Crippen molar-refractivity contribution in [3.8, 4) is 0 Å². The number of hydrogen-bond donors (Lipinski definition) is 0. The number of amides is 1. The fourth-order valence-electron chi connectivity index (χ4n) is 4.51. The third kappa shape index (κ3) is 2.57. The van der Waals surface area contributed by atoms with Gasteiger partial charge in [-0.05, 0) is 50.4 Å². The molecule has 0 aromatic heterocycles. The van der Waals surface area contributed by atoms with Gasteiger partial charge in [-0.2, -0.15) is 0 Å². The first-order valence-electron chi connectivity index (χ1n) is 8.14. The second kappa shape index (κ2) is 5.63. The Morgan fingerprint density at radius 3 is 2.39 bits per heavy atom. The van der Waals surface area contributed by atoms with E-state index in [1.54, 1.807) is 0 Å². The molecule has 1 aliphatic heterocycles. The topological polar surface area (TPSA) is 20.3 Å². The van der Waals surface area contributed by atoms with E-state index in [2.05, 4.69) is 4.90 Å². The van der Waals surface area contributed by atoms with Crippen molar-refractivity contribution < 1.29 is 4.79 Å². The van der Waals surface area contributed by atoms with Gasteiger partial charge in [-0.15, -0.1) is 0 Å². The Balaban J connectivity index is 1.60. The molecule has 102 valence electrons. The lowest BCUT2D eigenvalue weighted by Crippen LogP contribution is -2.49. The Labute approximate surface area is 111 Å². The fourth-order valence-corrected chi connectivity index (χ4v) is 4.51. The average molecular weight is 249 g/mol. The minimum atomic E-state index is 0.485. The first-order chi connectivity index (χ1) is 8.84. The zero-order chi connectivity index (χ0) is 12.4. The third-order valence-corrected chi connectivity index (χ3v) is 5.50. The van der Waals surface area contributed by atoms with E-state index in [0.29, 0.717) is 17.9 Å². The molecule has 3 fully saturated rings. The first kappa shape index (κ1) is 12.5. The Morgan fingerprint density at radius 1 is 0.889 bits per heavy atom. The molecule has 2 atom stereocenters. The van der Waals surface area contributed by atoms with Crippen LogP contribution in [0.5, 0.6) is 0 Å². The van der Waals surface area contributed by atoms with Gasteiger partial charge >= 0.3 is 0 Å². The highest BCUT2D eigenvalue weighted by atomic mass is 16.2. The molecular weight excluding hydrogens is 222 g/mol. The Kier molecular flexibility index (Phi) is 3.91. The van der Waals surface area contributed by atoms with Crippen LogP contribution in [0.3, 0.4) is 0 Å². The van der Waals surface area contributed by atoms with Crippen molar-refractivity contribution in [2.75, 3.05) is 6.54 Å². The maximum atomic E-state index is 12.5. The zero-order valence-corrected chi connectivity index (χ0v) is 11.6. The minimum absolute atomic E-state index is 0.485. The van der Waals surface area contributed by atoms with E-state index in [1.165, 1.54) is 64.2 Å². The van der Waals surface area contributed by atoms with Gasteiger partial charge in [0.25, 0.3) is 0 Å². The van der Waals surface area contributed by atoms with Crippen molar-refractivity contribution in [2.24, 2.45) is 11.8 Å². The molecule has 0 radical (unpaired) electrons. The van der Waals surface area contributed by atoms with Crippen LogP contribution in [0.4, 0.5) is 0 Å². The van der Waals surface area contributed by atoms with Crippen molar-refractivity contribution in [3.63, 3.8) is 0 Å². The lowest BCUT2D eigenvalue weighted by molar-refractivity contribution is -0.138. The summed E-state index contributed by atoms with van der Waals surface area (Å²) in [4.78, 5) is 14.8. The molecule has 1 amide bonds. The highest BCUT2D eigenvalue weighted by Crippen LogP contribution is 2.36. The largest absolute Gasteiger partial charge is 0.339 e. The molecule has 0 aromatic rings. The Bertz CT molecular complexity index is 293. The number of fused-ring (bicyclic) bond motifs is 1. The molecule has 0 aromatic carbocycles. The SMILES string of the molecule is O=C(CC1CCCC1)N1CCCC2CCCCC21. The predicted octanol–water partition coefficient (Wildman–Crippen LogP) is 3.75. The van der Waals surface area contributed by atoms with Gasteiger partial charge in [0, 0.05) is 19.0 Å². The average Bonchev–Trinajstić information content (AvgIpc) is 2.91. The van der Waals surface area contributed by atoms with Crippen LogP contribution in [0, 0.1) is 11.8 Å². The summed E-state index contributed by atoms with van der Waals surface area (Å²) in [6, 6.07) is 0.612. The summed E-state index contributed by atoms with van der Waals surface area (Å²) in [5.74, 6) is 2.03. The highest BCUT2D eigenvalue weighted by molar-refractivity contribution is 5.77. The van der Waals surface area contributed by atoms with Gasteiger partial charge in [0.05, 0.1) is 0 Å². The first-order valence-corrected chi connectivity index (χ1v) is 8.14. The van der Waals surface area contributed by atoms with E-state index >= 15 is 0 Å². The second-order valence-corrected chi connectivity index (χ2v) is 6.70. The summed E-state index contributed by atoms with van der Waals surface area (Å²) in [5.41, 5.74) is 0. The number of nitrogens with zero attached hydrogens (tertiary/aromatic N) is 1. The Morgan fingerprint density at radius 2 is 1.56 bits per heavy atom. The van der Waals surface area contributed by atoms with Gasteiger partial charge < -0.3 is 4.90 Å². The maximum Gasteiger partial charge on any atom is 0.223 e. The van der Waals surface area contributed by atoms with E-state index < -0.39 is 0 Å². The van der Waals surface area contributed by atoms with Crippen LogP contribution in [0.25, 0.3) is 0 Å². The lowest BCUT2D eigenvalue weighted by Gasteiger charge is -2.44. The van der Waals surface area contributed by atoms with Gasteiger partial charge in [-0.1, -0.05) is 25.7 Å². The van der Waals surface area contributed by atoms with Crippen molar-refractivity contribution in [3.05, 3.63) is 0 Å². The summed E-state index contributed by atoms with van der Waals surface area (Å²) >= 11 is 0. The lowest BCUT2D eigenvalue weighted by atomic mass is 9.78. The van der Waals surface area contributed by atoms with Crippen LogP contribution < -0.4 is 0 Å². The smallest absolute Gasteiger partial charge is 0.223 e. The Hall–Kier alpha value is -0.530. The van der Waals surface area contributed by atoms with Crippen LogP contribution >= 0.6 is 0 Å². The van der Waals surface area contributed by atoms with Gasteiger partial charge in [-0.25, -0.2) is 0 Å². The van der Waals surface area contributed by atoms with Gasteiger partial charge in [0.1, 0.15) is 0 Å². The molecule has 1 heterocycles. The molecule has 18 heavy (non-hydrogen) atoms. The molecule has 2 heteroatoms. The second-order valence-electron chi connectivity index (χ2n) is 6.70. The number of likely N-dealkylation sites (tertiary alicyclic amines) is 1. The van der Waals surface area contributed by atoms with Crippen molar-refractivity contribution in [2.45, 2.75) is 76.7 Å². The normalized spacial score (nSPS) is 33.4. The summed E-state index contributed by atoms with van der Waals surface area (Å²) in [6.07, 6.45) is 14.2. The molecule has 2 unspecified atom stereocenters. The summed E-state index contributed by atoms with van der Waals surface area (Å²) in [7, 11) is 0. The van der Waals surface area contributed by atoms with Gasteiger partial charge in [0.2, 0.25) is 5.91 Å². The predicted molar refractivity (Wildman–Crippen MR) is 73.3 cm³/mol. The summed E-state index contributed by atoms with van der Waals surface area (Å²) in [6.45, 7) is 1.05. The molecule has 0 N–H and O–H groups in total. The van der Waals surface area contributed by atoms with Crippen LogP contribution in [0.2, 0.25) is 0 Å². The van der Waals surface area contributed by atoms with Gasteiger partial charge in [0.15, 0.2) is 0 Å². The summed E-state index contributed by atoms with van der Waals surface area (Å²) in [5, 5.41) is 0. The molecular formula is C16H27NO. The molecule has 2 aliphatic carbocycles. The highest BCUT2D eigenvalue weighted by Gasteiger charge is 2.36. The zero-order valence-electron chi connectivity index (χ0n) is 11.6. The minimum Gasteiger partial charge on any atom is -0.339 e. The number of hydrogen-bond acceptors (Lipinski definition) is 1. The van der Waals surface area contributed by atoms with Crippen LogP contribution in [0.1, 0.15) is 70.6 Å². The number of carbonyl (C=O) groups is 1. The molecule has 3 rings (SSSR count). The van der Waals surface area contributed by atoms with Crippen molar-refractivity contribution in [1.29, 1.82) is 0 Å². The fraction of sp³-hybridized carbons (Fsp3) is 0.938. The standard InChI is InChI=1S/C16H27NO/c18-16(12-13-6-1-2-7-13)17-11-5-9-14-8-3-4-10-15(14)17/h13-15H,1-12H2. The molecule has 0 bridgehead atoms. The monoisotopic (exact) mass is 249 g/mol. The van der Waals surface area contributed by atoms with Crippen molar-refractivity contribution in [1.82, 2.24) is 4.90 Å². The van der Waals surface area contributed by atoms with Crippen LogP contribution in [-0.4, -0.2) is 23.4 Å². The van der Waals surface area contributed by atoms with E-state index in [-0.39, 0.29) is 0 Å². The molecule has 0 spiro atoms. The maximum absolute atomic E-state index is 12.5.